The van der Waals surface area contributed by atoms with Gasteiger partial charge >= 0.3 is 0 Å². The van der Waals surface area contributed by atoms with Crippen LogP contribution in [0.4, 0.5) is 11.4 Å². The number of nitrogens with two attached hydrogens (primary N) is 1. The molecular formula is C16H17N3. The predicted octanol–water partition coefficient (Wildman–Crippen LogP) is 3.17. The third kappa shape index (κ3) is 3.26. The monoisotopic (exact) mass is 251 g/mol. The summed E-state index contributed by atoms with van der Waals surface area (Å²) in [6, 6.07) is 17.7. The first-order valence-electron chi connectivity index (χ1n) is 6.32. The lowest BCUT2D eigenvalue weighted by Gasteiger charge is -2.23. The second-order valence-corrected chi connectivity index (χ2v) is 4.42. The maximum absolute atomic E-state index is 8.93. The minimum atomic E-state index is 0.695. The van der Waals surface area contributed by atoms with E-state index in [9.17, 15) is 0 Å². The van der Waals surface area contributed by atoms with E-state index < -0.39 is 0 Å². The number of anilines is 2. The normalized spacial score (nSPS) is 9.89. The van der Waals surface area contributed by atoms with Crippen LogP contribution in [0.3, 0.4) is 0 Å². The minimum Gasteiger partial charge on any atom is -0.399 e. The van der Waals surface area contributed by atoms with Gasteiger partial charge in [-0.05, 0) is 42.8 Å². The molecule has 0 aromatic heterocycles. The van der Waals surface area contributed by atoms with Crippen molar-refractivity contribution in [3.63, 3.8) is 0 Å². The summed E-state index contributed by atoms with van der Waals surface area (Å²) in [6.45, 7) is 3.77. The number of hydrogen-bond donors (Lipinski definition) is 1. The fourth-order valence-electron chi connectivity index (χ4n) is 2.07. The summed E-state index contributed by atoms with van der Waals surface area (Å²) in [5, 5.41) is 8.93. The predicted molar refractivity (Wildman–Crippen MR) is 78.7 cm³/mol. The van der Waals surface area contributed by atoms with Gasteiger partial charge in [0.25, 0.3) is 0 Å². The lowest BCUT2D eigenvalue weighted by Crippen LogP contribution is -2.22. The van der Waals surface area contributed by atoms with Gasteiger partial charge in [-0.3, -0.25) is 0 Å². The van der Waals surface area contributed by atoms with Crippen LogP contribution < -0.4 is 10.6 Å². The Kier molecular flexibility index (Phi) is 4.04. The average Bonchev–Trinajstić information content (AvgIpc) is 2.45. The molecule has 2 aromatic carbocycles. The Bertz CT molecular complexity index is 599. The summed E-state index contributed by atoms with van der Waals surface area (Å²) in [6.07, 6.45) is 0. The highest BCUT2D eigenvalue weighted by molar-refractivity contribution is 5.56. The highest BCUT2D eigenvalue weighted by atomic mass is 15.1. The van der Waals surface area contributed by atoms with Crippen molar-refractivity contribution < 1.29 is 0 Å². The first-order chi connectivity index (χ1) is 9.22. The Balaban J connectivity index is 2.21. The van der Waals surface area contributed by atoms with Crippen LogP contribution in [-0.2, 0) is 6.54 Å². The Morgan fingerprint density at radius 2 is 1.95 bits per heavy atom. The highest BCUT2D eigenvalue weighted by Gasteiger charge is 2.06. The number of nitrogens with zero attached hydrogens (tertiary/aromatic N) is 2. The number of nitrogen functional groups attached to an aromatic ring is 1. The highest BCUT2D eigenvalue weighted by Crippen LogP contribution is 2.20. The van der Waals surface area contributed by atoms with Gasteiger partial charge < -0.3 is 10.6 Å². The molecule has 0 unspecified atom stereocenters. The Labute approximate surface area is 113 Å². The molecule has 96 valence electrons. The van der Waals surface area contributed by atoms with Crippen LogP contribution in [0.1, 0.15) is 18.1 Å². The maximum atomic E-state index is 8.93. The van der Waals surface area contributed by atoms with Gasteiger partial charge in [-0.1, -0.05) is 18.2 Å². The van der Waals surface area contributed by atoms with E-state index in [-0.39, 0.29) is 0 Å². The van der Waals surface area contributed by atoms with E-state index in [4.69, 9.17) is 11.0 Å². The van der Waals surface area contributed by atoms with Crippen molar-refractivity contribution in [3.8, 4) is 6.07 Å². The number of benzene rings is 2. The SMILES string of the molecule is CCN(Cc1cccc(C#N)c1)c1cccc(N)c1. The van der Waals surface area contributed by atoms with E-state index >= 15 is 0 Å². The van der Waals surface area contributed by atoms with Crippen LogP contribution in [0.2, 0.25) is 0 Å². The minimum absolute atomic E-state index is 0.695. The molecule has 0 aliphatic carbocycles. The zero-order chi connectivity index (χ0) is 13.7. The van der Waals surface area contributed by atoms with Gasteiger partial charge in [-0.2, -0.15) is 5.26 Å². The molecule has 0 fully saturated rings. The summed E-state index contributed by atoms with van der Waals surface area (Å²) < 4.78 is 0. The molecule has 0 saturated heterocycles. The van der Waals surface area contributed by atoms with Gasteiger partial charge in [0, 0.05) is 24.5 Å². The molecular weight excluding hydrogens is 234 g/mol. The van der Waals surface area contributed by atoms with Crippen molar-refractivity contribution in [2.45, 2.75) is 13.5 Å². The van der Waals surface area contributed by atoms with Gasteiger partial charge in [0.05, 0.1) is 11.6 Å². The molecule has 0 spiro atoms. The van der Waals surface area contributed by atoms with Crippen LogP contribution >= 0.6 is 0 Å². The second-order valence-electron chi connectivity index (χ2n) is 4.42. The Morgan fingerprint density at radius 1 is 1.16 bits per heavy atom. The van der Waals surface area contributed by atoms with Crippen molar-refractivity contribution >= 4 is 11.4 Å². The average molecular weight is 251 g/mol. The first-order valence-corrected chi connectivity index (χ1v) is 6.32. The molecule has 2 aromatic rings. The largest absolute Gasteiger partial charge is 0.399 e. The molecule has 0 bridgehead atoms. The molecule has 3 heteroatoms. The third-order valence-electron chi connectivity index (χ3n) is 3.05. The van der Waals surface area contributed by atoms with Crippen molar-refractivity contribution in [1.29, 1.82) is 5.26 Å². The van der Waals surface area contributed by atoms with Gasteiger partial charge in [0.1, 0.15) is 0 Å². The maximum Gasteiger partial charge on any atom is 0.0991 e. The van der Waals surface area contributed by atoms with E-state index in [0.717, 1.165) is 30.0 Å². The number of hydrogen-bond acceptors (Lipinski definition) is 3. The molecule has 2 rings (SSSR count). The van der Waals surface area contributed by atoms with Crippen molar-refractivity contribution in [2.75, 3.05) is 17.2 Å². The summed E-state index contributed by atoms with van der Waals surface area (Å²) in [5.74, 6) is 0. The number of nitriles is 1. The number of rotatable bonds is 4. The van der Waals surface area contributed by atoms with Crippen LogP contribution in [-0.4, -0.2) is 6.54 Å². The molecule has 0 amide bonds. The molecule has 0 atom stereocenters. The standard InChI is InChI=1S/C16H17N3/c1-2-19(16-8-4-7-15(18)10-16)12-14-6-3-5-13(9-14)11-17/h3-10H,2,12,18H2,1H3. The van der Waals surface area contributed by atoms with E-state index in [1.54, 1.807) is 0 Å². The van der Waals surface area contributed by atoms with Crippen LogP contribution in [0.5, 0.6) is 0 Å². The van der Waals surface area contributed by atoms with Crippen molar-refractivity contribution in [2.24, 2.45) is 0 Å². The van der Waals surface area contributed by atoms with Crippen molar-refractivity contribution in [3.05, 3.63) is 59.7 Å². The molecule has 0 saturated carbocycles. The van der Waals surface area contributed by atoms with Gasteiger partial charge in [0.2, 0.25) is 0 Å². The smallest absolute Gasteiger partial charge is 0.0991 e. The van der Waals surface area contributed by atoms with E-state index in [1.165, 1.54) is 0 Å². The lowest BCUT2D eigenvalue weighted by molar-refractivity contribution is 0.832. The lowest BCUT2D eigenvalue weighted by atomic mass is 10.1. The molecule has 0 heterocycles. The fourth-order valence-corrected chi connectivity index (χ4v) is 2.07. The van der Waals surface area contributed by atoms with Crippen LogP contribution in [0.25, 0.3) is 0 Å². The Morgan fingerprint density at radius 3 is 2.63 bits per heavy atom. The zero-order valence-corrected chi connectivity index (χ0v) is 11.0. The molecule has 0 aliphatic rings. The molecule has 0 aliphatic heterocycles. The molecule has 0 radical (unpaired) electrons. The van der Waals surface area contributed by atoms with Crippen molar-refractivity contribution in [1.82, 2.24) is 0 Å². The summed E-state index contributed by atoms with van der Waals surface area (Å²) in [7, 11) is 0. The quantitative estimate of drug-likeness (QED) is 0.849. The summed E-state index contributed by atoms with van der Waals surface area (Å²) >= 11 is 0. The second kappa shape index (κ2) is 5.92. The molecule has 2 N–H and O–H groups in total. The first kappa shape index (κ1) is 13.0. The zero-order valence-electron chi connectivity index (χ0n) is 11.0. The third-order valence-corrected chi connectivity index (χ3v) is 3.05. The van der Waals surface area contributed by atoms with E-state index in [0.29, 0.717) is 5.56 Å². The van der Waals surface area contributed by atoms with E-state index in [1.807, 2.05) is 48.5 Å². The summed E-state index contributed by atoms with van der Waals surface area (Å²) in [5.41, 5.74) is 9.51. The molecule has 3 nitrogen and oxygen atoms in total. The topological polar surface area (TPSA) is 53.0 Å². The van der Waals surface area contributed by atoms with Crippen LogP contribution in [0.15, 0.2) is 48.5 Å². The molecule has 19 heavy (non-hydrogen) atoms. The van der Waals surface area contributed by atoms with Gasteiger partial charge in [0.15, 0.2) is 0 Å². The summed E-state index contributed by atoms with van der Waals surface area (Å²) in [4.78, 5) is 2.23. The fraction of sp³-hybridized carbons (Fsp3) is 0.188. The van der Waals surface area contributed by atoms with Gasteiger partial charge in [-0.25, -0.2) is 0 Å². The van der Waals surface area contributed by atoms with Crippen LogP contribution in [0, 0.1) is 11.3 Å². The van der Waals surface area contributed by atoms with E-state index in [2.05, 4.69) is 17.9 Å². The Hall–Kier alpha value is -2.47. The van der Waals surface area contributed by atoms with Gasteiger partial charge in [-0.15, -0.1) is 0 Å².